The third-order valence-electron chi connectivity index (χ3n) is 4.99. The van der Waals surface area contributed by atoms with Gasteiger partial charge in [-0.2, -0.15) is 0 Å². The summed E-state index contributed by atoms with van der Waals surface area (Å²) in [5.41, 5.74) is 11.9. The maximum Gasteiger partial charge on any atom is 0.269 e. The van der Waals surface area contributed by atoms with Crippen LogP contribution in [0.25, 0.3) is 11.2 Å². The summed E-state index contributed by atoms with van der Waals surface area (Å²) in [6, 6.07) is 0. The molecule has 4 atom stereocenters. The number of hydrogen-bond acceptors (Lipinski definition) is 11. The number of carbonyl (C=O) groups is 2. The Morgan fingerprint density at radius 2 is 1.97 bits per heavy atom. The zero-order valence-electron chi connectivity index (χ0n) is 16.9. The Bertz CT molecular complexity index is 1160. The maximum atomic E-state index is 11.8. The molecule has 0 aliphatic carbocycles. The van der Waals surface area contributed by atoms with E-state index in [4.69, 9.17) is 16.2 Å². The summed E-state index contributed by atoms with van der Waals surface area (Å²) in [5.74, 6) is -0.932. The number of nitrogens with two attached hydrogens (primary N) is 2. The van der Waals surface area contributed by atoms with Gasteiger partial charge >= 0.3 is 0 Å². The molecule has 1 aliphatic rings. The lowest BCUT2D eigenvalue weighted by atomic mass is 10.1. The number of aromatic nitrogens is 6. The highest BCUT2D eigenvalue weighted by molar-refractivity contribution is 6.00. The number of nitrogens with one attached hydrogen (secondary N) is 2. The number of carbonyl (C=O) groups excluding carboxylic acids is 2. The van der Waals surface area contributed by atoms with Gasteiger partial charge in [-0.1, -0.05) is 0 Å². The molecule has 1 aliphatic heterocycles. The summed E-state index contributed by atoms with van der Waals surface area (Å²) in [4.78, 5) is 39.1. The number of ether oxygens (including phenoxy) is 1. The first-order valence-electron chi connectivity index (χ1n) is 9.55. The van der Waals surface area contributed by atoms with Crippen molar-refractivity contribution in [3.8, 4) is 0 Å². The number of amides is 2. The minimum atomic E-state index is -1.25. The van der Waals surface area contributed by atoms with Crippen LogP contribution in [0.2, 0.25) is 0 Å². The second-order valence-electron chi connectivity index (χ2n) is 7.20. The van der Waals surface area contributed by atoms with E-state index < -0.39 is 36.4 Å². The van der Waals surface area contributed by atoms with Crippen molar-refractivity contribution in [3.05, 3.63) is 24.7 Å². The predicted octanol–water partition coefficient (Wildman–Crippen LogP) is -2.47. The first kappa shape index (κ1) is 21.6. The minimum Gasteiger partial charge on any atom is -0.387 e. The number of rotatable bonds is 7. The van der Waals surface area contributed by atoms with Crippen LogP contribution in [0.1, 0.15) is 23.6 Å². The van der Waals surface area contributed by atoms with Crippen LogP contribution in [-0.4, -0.2) is 76.0 Å². The van der Waals surface area contributed by atoms with E-state index in [1.807, 2.05) is 0 Å². The van der Waals surface area contributed by atoms with Gasteiger partial charge in [0.15, 0.2) is 29.2 Å². The van der Waals surface area contributed by atoms with Gasteiger partial charge < -0.3 is 36.3 Å². The van der Waals surface area contributed by atoms with Crippen LogP contribution < -0.4 is 22.1 Å². The molecule has 15 nitrogen and oxygen atoms in total. The quantitative estimate of drug-likeness (QED) is 0.223. The fourth-order valence-corrected chi connectivity index (χ4v) is 3.53. The lowest BCUT2D eigenvalue weighted by Gasteiger charge is -2.17. The predicted molar refractivity (Wildman–Crippen MR) is 109 cm³/mol. The molecule has 15 heteroatoms. The smallest absolute Gasteiger partial charge is 0.269 e. The molecule has 170 valence electrons. The van der Waals surface area contributed by atoms with Gasteiger partial charge in [0.25, 0.3) is 5.91 Å². The summed E-state index contributed by atoms with van der Waals surface area (Å²) < 4.78 is 8.72. The SMILES string of the molecule is CC(=O)Nc1ncn(CNCC2OC(n3cnc4c(N)ncnc43)C(O)C2O)c1C(N)=O. The van der Waals surface area contributed by atoms with Crippen molar-refractivity contribution in [2.75, 3.05) is 17.6 Å². The van der Waals surface area contributed by atoms with Gasteiger partial charge in [0.1, 0.15) is 30.2 Å². The molecule has 0 bridgehead atoms. The third kappa shape index (κ3) is 3.84. The summed E-state index contributed by atoms with van der Waals surface area (Å²) in [6.07, 6.45) is -0.194. The number of fused-ring (bicyclic) bond motifs is 1. The molecule has 0 aromatic carbocycles. The van der Waals surface area contributed by atoms with Crippen molar-refractivity contribution in [1.29, 1.82) is 0 Å². The van der Waals surface area contributed by atoms with Crippen LogP contribution in [0.4, 0.5) is 11.6 Å². The average Bonchev–Trinajstić information content (AvgIpc) is 3.40. The first-order chi connectivity index (χ1) is 15.3. The normalized spacial score (nSPS) is 23.0. The van der Waals surface area contributed by atoms with Gasteiger partial charge in [-0.3, -0.25) is 19.5 Å². The second-order valence-corrected chi connectivity index (χ2v) is 7.20. The number of aliphatic hydroxyl groups excluding tert-OH is 2. The Morgan fingerprint density at radius 1 is 1.19 bits per heavy atom. The molecular weight excluding hydrogens is 424 g/mol. The van der Waals surface area contributed by atoms with Crippen molar-refractivity contribution in [1.82, 2.24) is 34.4 Å². The van der Waals surface area contributed by atoms with Crippen molar-refractivity contribution in [2.24, 2.45) is 5.73 Å². The largest absolute Gasteiger partial charge is 0.387 e. The summed E-state index contributed by atoms with van der Waals surface area (Å²) in [6.45, 7) is 1.48. The number of primary amides is 1. The van der Waals surface area contributed by atoms with Gasteiger partial charge in [0.05, 0.1) is 19.3 Å². The highest BCUT2D eigenvalue weighted by atomic mass is 16.6. The highest BCUT2D eigenvalue weighted by Gasteiger charge is 2.44. The van der Waals surface area contributed by atoms with Crippen LogP contribution in [-0.2, 0) is 16.2 Å². The van der Waals surface area contributed by atoms with Crippen LogP contribution in [0.15, 0.2) is 19.0 Å². The molecule has 4 heterocycles. The van der Waals surface area contributed by atoms with Crippen molar-refractivity contribution >= 4 is 34.6 Å². The molecule has 4 rings (SSSR count). The number of hydrogen-bond donors (Lipinski definition) is 6. The van der Waals surface area contributed by atoms with E-state index in [1.54, 1.807) is 0 Å². The van der Waals surface area contributed by atoms with E-state index in [0.29, 0.717) is 11.2 Å². The van der Waals surface area contributed by atoms with Gasteiger partial charge in [0.2, 0.25) is 5.91 Å². The van der Waals surface area contributed by atoms with E-state index in [2.05, 4.69) is 30.6 Å². The average molecular weight is 446 g/mol. The van der Waals surface area contributed by atoms with Gasteiger partial charge in [-0.25, -0.2) is 19.9 Å². The molecule has 32 heavy (non-hydrogen) atoms. The Balaban J connectivity index is 1.44. The van der Waals surface area contributed by atoms with Gasteiger partial charge in [0, 0.05) is 13.5 Å². The standard InChI is InChI=1S/C17H22N10O5/c1-7(28)25-15-10(14(19)31)26(5-24-15)4-20-2-8-11(29)12(30)17(32-8)27-6-23-9-13(18)21-3-22-16(9)27/h3,5-6,8,11-12,17,20,29-30H,2,4H2,1H3,(H2,19,31)(H,25,28)(H2,18,21,22). The Kier molecular flexibility index (Phi) is 5.70. The van der Waals surface area contributed by atoms with Gasteiger partial charge in [-0.15, -0.1) is 0 Å². The molecule has 4 unspecified atom stereocenters. The zero-order chi connectivity index (χ0) is 23.0. The van der Waals surface area contributed by atoms with E-state index in [-0.39, 0.29) is 30.5 Å². The Morgan fingerprint density at radius 3 is 2.69 bits per heavy atom. The number of nitrogen functional groups attached to an aromatic ring is 1. The Hall–Kier alpha value is -3.66. The van der Waals surface area contributed by atoms with Crippen LogP contribution >= 0.6 is 0 Å². The molecule has 0 spiro atoms. The monoisotopic (exact) mass is 446 g/mol. The second kappa shape index (κ2) is 8.46. The fraction of sp³-hybridized carbons (Fsp3) is 0.412. The molecule has 0 radical (unpaired) electrons. The van der Waals surface area contributed by atoms with Crippen LogP contribution in [0, 0.1) is 0 Å². The molecule has 1 saturated heterocycles. The van der Waals surface area contributed by atoms with Crippen LogP contribution in [0.3, 0.4) is 0 Å². The van der Waals surface area contributed by atoms with Crippen molar-refractivity contribution in [3.63, 3.8) is 0 Å². The molecule has 8 N–H and O–H groups in total. The number of anilines is 2. The summed E-state index contributed by atoms with van der Waals surface area (Å²) >= 11 is 0. The minimum absolute atomic E-state index is 0.0145. The summed E-state index contributed by atoms with van der Waals surface area (Å²) in [5, 5.41) is 26.4. The van der Waals surface area contributed by atoms with Crippen molar-refractivity contribution < 1.29 is 24.5 Å². The number of imidazole rings is 2. The van der Waals surface area contributed by atoms with Gasteiger partial charge in [-0.05, 0) is 0 Å². The molecule has 3 aromatic rings. The molecular formula is C17H22N10O5. The Labute approximate surface area is 180 Å². The van der Waals surface area contributed by atoms with Crippen molar-refractivity contribution in [2.45, 2.75) is 38.1 Å². The number of nitrogens with zero attached hydrogens (tertiary/aromatic N) is 6. The lowest BCUT2D eigenvalue weighted by Crippen LogP contribution is -2.38. The lowest BCUT2D eigenvalue weighted by molar-refractivity contribution is -0.114. The zero-order valence-corrected chi connectivity index (χ0v) is 16.9. The maximum absolute atomic E-state index is 11.8. The molecule has 2 amide bonds. The van der Waals surface area contributed by atoms with E-state index in [9.17, 15) is 19.8 Å². The van der Waals surface area contributed by atoms with E-state index in [1.165, 1.54) is 35.0 Å². The molecule has 3 aromatic heterocycles. The third-order valence-corrected chi connectivity index (χ3v) is 4.99. The van der Waals surface area contributed by atoms with E-state index >= 15 is 0 Å². The fourth-order valence-electron chi connectivity index (χ4n) is 3.53. The molecule has 0 saturated carbocycles. The summed E-state index contributed by atoms with van der Waals surface area (Å²) in [7, 11) is 0. The molecule has 1 fully saturated rings. The first-order valence-corrected chi connectivity index (χ1v) is 9.55. The highest BCUT2D eigenvalue weighted by Crippen LogP contribution is 2.31. The van der Waals surface area contributed by atoms with Crippen LogP contribution in [0.5, 0.6) is 0 Å². The number of aliphatic hydroxyl groups is 2. The van der Waals surface area contributed by atoms with E-state index in [0.717, 1.165) is 0 Å². The topological polar surface area (TPSA) is 221 Å².